The van der Waals surface area contributed by atoms with E-state index in [0.717, 1.165) is 60.4 Å². The number of rotatable bonds is 18. The molecule has 10 nitrogen and oxygen atoms in total. The maximum absolute atomic E-state index is 13.3. The van der Waals surface area contributed by atoms with Crippen molar-refractivity contribution in [1.29, 1.82) is 0 Å². The molecule has 2 heterocycles. The Morgan fingerprint density at radius 3 is 2.26 bits per heavy atom. The van der Waals surface area contributed by atoms with Gasteiger partial charge in [0.05, 0.1) is 18.5 Å². The van der Waals surface area contributed by atoms with E-state index < -0.39 is 19.6 Å². The number of H-pyrrole nitrogens is 1. The zero-order valence-electron chi connectivity index (χ0n) is 26.6. The molecular weight excluding hydrogens is 658 g/mol. The van der Waals surface area contributed by atoms with Crippen molar-refractivity contribution in [2.75, 3.05) is 49.4 Å². The van der Waals surface area contributed by atoms with E-state index in [1.807, 2.05) is 42.5 Å². The van der Waals surface area contributed by atoms with Crippen molar-refractivity contribution in [3.05, 3.63) is 107 Å². The van der Waals surface area contributed by atoms with Crippen LogP contribution in [0.15, 0.2) is 85.1 Å². The number of ether oxygens (including phenoxy) is 2. The van der Waals surface area contributed by atoms with Gasteiger partial charge in [0, 0.05) is 55.6 Å². The Hall–Kier alpha value is -2.95. The van der Waals surface area contributed by atoms with E-state index >= 15 is 0 Å². The highest BCUT2D eigenvalue weighted by Crippen LogP contribution is 2.50. The first-order valence-electron chi connectivity index (χ1n) is 16.0. The van der Waals surface area contributed by atoms with Crippen molar-refractivity contribution >= 4 is 36.6 Å². The van der Waals surface area contributed by atoms with Gasteiger partial charge >= 0.3 is 7.67 Å². The average Bonchev–Trinajstić information content (AvgIpc) is 3.62. The van der Waals surface area contributed by atoms with E-state index in [0.29, 0.717) is 18.8 Å². The molecule has 3 N–H and O–H groups in total. The lowest BCUT2D eigenvalue weighted by Gasteiger charge is -2.44. The largest absolute Gasteiger partial charge is 0.464 e. The lowest BCUT2D eigenvalue weighted by atomic mass is 9.78. The van der Waals surface area contributed by atoms with Gasteiger partial charge in [-0.2, -0.15) is 15.4 Å². The summed E-state index contributed by atoms with van der Waals surface area (Å²) in [4.78, 5) is 2.37. The maximum Gasteiger partial charge on any atom is 0.340 e. The van der Waals surface area contributed by atoms with E-state index in [2.05, 4.69) is 63.6 Å². The minimum absolute atomic E-state index is 0.0462. The normalized spacial score (nSPS) is 16.7. The van der Waals surface area contributed by atoms with Crippen molar-refractivity contribution in [3.8, 4) is 5.75 Å². The lowest BCUT2D eigenvalue weighted by molar-refractivity contribution is -0.168. The molecule has 0 fully saturated rings. The van der Waals surface area contributed by atoms with Gasteiger partial charge in [-0.25, -0.2) is 10.2 Å². The molecule has 252 valence electrons. The first-order chi connectivity index (χ1) is 22.9. The van der Waals surface area contributed by atoms with Crippen LogP contribution in [-0.4, -0.2) is 70.9 Å². The van der Waals surface area contributed by atoms with Crippen LogP contribution in [-0.2, 0) is 25.8 Å². The van der Waals surface area contributed by atoms with Crippen LogP contribution in [0.1, 0.15) is 48.6 Å². The molecule has 0 radical (unpaired) electrons. The second-order valence-corrected chi connectivity index (χ2v) is 14.0. The number of hydrogen-bond donors (Lipinski definition) is 2. The standard InChI is InChI=1S/C34H43Cl2N6O4P/c1-2-41(21-10-9-15-29-26-38-40-39-29)30-16-17-32-31(25-30)34(27-11-5-3-6-12-27,28-13-7-4-8-14-28)46-33(45-32)18-24-44-47(37,43)42(22-19-35)23-20-36/h3-8,11-14,16-17,25-26,33H,2,9-10,15,18-24H2,1H3,(H2,37,43)(H,38,39,40). The number of aromatic nitrogens is 3. The highest BCUT2D eigenvalue weighted by molar-refractivity contribution is 7.53. The van der Waals surface area contributed by atoms with Gasteiger partial charge in [0.15, 0.2) is 5.60 Å². The molecule has 1 aliphatic rings. The van der Waals surface area contributed by atoms with Crippen molar-refractivity contribution in [2.24, 2.45) is 5.50 Å². The highest BCUT2D eigenvalue weighted by Gasteiger charge is 2.46. The zero-order valence-corrected chi connectivity index (χ0v) is 29.0. The summed E-state index contributed by atoms with van der Waals surface area (Å²) in [6.07, 6.45) is 4.24. The van der Waals surface area contributed by atoms with Crippen molar-refractivity contribution in [3.63, 3.8) is 0 Å². The van der Waals surface area contributed by atoms with Crippen LogP contribution in [0.2, 0.25) is 0 Å². The van der Waals surface area contributed by atoms with E-state index in [-0.39, 0.29) is 24.8 Å². The Bertz CT molecular complexity index is 1520. The van der Waals surface area contributed by atoms with Crippen LogP contribution in [0, 0.1) is 0 Å². The van der Waals surface area contributed by atoms with E-state index in [4.69, 9.17) is 42.7 Å². The topological polar surface area (TPSA) is 119 Å². The number of hydrogen-bond acceptors (Lipinski definition) is 7. The molecule has 1 aliphatic heterocycles. The first-order valence-corrected chi connectivity index (χ1v) is 18.7. The molecule has 0 amide bonds. The quantitative estimate of drug-likeness (QED) is 0.0647. The number of nitrogens with one attached hydrogen (secondary N) is 1. The Labute approximate surface area is 287 Å². The number of aromatic amines is 1. The fraction of sp³-hybridized carbons (Fsp3) is 0.412. The number of aryl methyl sites for hydroxylation is 1. The molecule has 13 heteroatoms. The van der Waals surface area contributed by atoms with Crippen LogP contribution in [0.4, 0.5) is 5.69 Å². The van der Waals surface area contributed by atoms with E-state index in [1.165, 1.54) is 4.67 Å². The summed E-state index contributed by atoms with van der Waals surface area (Å²) >= 11 is 11.8. The highest BCUT2D eigenvalue weighted by atomic mass is 35.5. The summed E-state index contributed by atoms with van der Waals surface area (Å²) in [6, 6.07) is 26.7. The Kier molecular flexibility index (Phi) is 12.7. The number of anilines is 1. The van der Waals surface area contributed by atoms with Crippen LogP contribution >= 0.6 is 30.9 Å². The van der Waals surface area contributed by atoms with Crippen molar-refractivity contribution in [1.82, 2.24) is 20.1 Å². The van der Waals surface area contributed by atoms with Gasteiger partial charge in [-0.05, 0) is 55.5 Å². The van der Waals surface area contributed by atoms with Crippen molar-refractivity contribution < 1.29 is 18.6 Å². The molecule has 0 bridgehead atoms. The smallest absolute Gasteiger partial charge is 0.340 e. The number of halogens is 2. The third-order valence-corrected chi connectivity index (χ3v) is 10.4. The third-order valence-electron chi connectivity index (χ3n) is 8.30. The molecule has 0 aliphatic carbocycles. The molecule has 2 atom stereocenters. The van der Waals surface area contributed by atoms with Gasteiger partial charge in [0.25, 0.3) is 0 Å². The zero-order chi connectivity index (χ0) is 33.1. The molecular formula is C34H43Cl2N6O4P. The Morgan fingerprint density at radius 1 is 0.979 bits per heavy atom. The van der Waals surface area contributed by atoms with Gasteiger partial charge in [0.1, 0.15) is 5.75 Å². The van der Waals surface area contributed by atoms with Crippen LogP contribution < -0.4 is 15.1 Å². The van der Waals surface area contributed by atoms with Crippen LogP contribution in [0.3, 0.4) is 0 Å². The van der Waals surface area contributed by atoms with Gasteiger partial charge in [-0.15, -0.1) is 23.2 Å². The monoisotopic (exact) mass is 700 g/mol. The average molecular weight is 702 g/mol. The summed E-state index contributed by atoms with van der Waals surface area (Å²) in [6.45, 7) is 4.55. The van der Waals surface area contributed by atoms with E-state index in [1.54, 1.807) is 6.20 Å². The summed E-state index contributed by atoms with van der Waals surface area (Å²) in [7, 11) is -3.63. The molecule has 0 saturated heterocycles. The Morgan fingerprint density at radius 2 is 1.66 bits per heavy atom. The molecule has 0 spiro atoms. The molecule has 0 saturated carbocycles. The van der Waals surface area contributed by atoms with Gasteiger partial charge in [-0.1, -0.05) is 60.7 Å². The maximum atomic E-state index is 13.3. The number of nitrogens with zero attached hydrogens (tertiary/aromatic N) is 4. The Balaban J connectivity index is 1.44. The summed E-state index contributed by atoms with van der Waals surface area (Å²) in [5.74, 6) is 1.22. The third kappa shape index (κ3) is 8.56. The predicted molar refractivity (Wildman–Crippen MR) is 187 cm³/mol. The SMILES string of the molecule is CCN(CCCCc1cn[nH]n1)c1ccc2c(c1)C(c1ccccc1)(c1ccccc1)OC(CCOP(N)(=O)N(CCCl)CCCl)O2. The molecule has 3 aromatic carbocycles. The van der Waals surface area contributed by atoms with Crippen LogP contribution in [0.25, 0.3) is 0 Å². The number of nitrogens with two attached hydrogens (primary N) is 1. The molecule has 47 heavy (non-hydrogen) atoms. The second-order valence-electron chi connectivity index (χ2n) is 11.3. The summed E-state index contributed by atoms with van der Waals surface area (Å²) in [5, 5.41) is 10.8. The second kappa shape index (κ2) is 16.9. The van der Waals surface area contributed by atoms with Crippen LogP contribution in [0.5, 0.6) is 5.75 Å². The number of fused-ring (bicyclic) bond motifs is 1. The molecule has 4 aromatic rings. The van der Waals surface area contributed by atoms with Crippen molar-refractivity contribution in [2.45, 2.75) is 44.5 Å². The molecule has 5 rings (SSSR count). The lowest BCUT2D eigenvalue weighted by Crippen LogP contribution is -2.44. The predicted octanol–water partition coefficient (Wildman–Crippen LogP) is 6.93. The van der Waals surface area contributed by atoms with E-state index in [9.17, 15) is 4.57 Å². The molecule has 1 aromatic heterocycles. The first kappa shape index (κ1) is 35.4. The van der Waals surface area contributed by atoms with Gasteiger partial charge in [-0.3, -0.25) is 4.57 Å². The van der Waals surface area contributed by atoms with Gasteiger partial charge < -0.3 is 18.9 Å². The molecule has 2 unspecified atom stereocenters. The summed E-state index contributed by atoms with van der Waals surface area (Å²) < 4.78 is 34.0. The minimum atomic E-state index is -3.63. The van der Waals surface area contributed by atoms with Gasteiger partial charge in [0.2, 0.25) is 6.29 Å². The fourth-order valence-corrected chi connectivity index (χ4v) is 7.90. The summed E-state index contributed by atoms with van der Waals surface area (Å²) in [5.41, 5.74) is 10.0. The fourth-order valence-electron chi connectivity index (χ4n) is 5.97. The number of benzene rings is 3. The number of unbranched alkanes of at least 4 members (excludes halogenated alkanes) is 1. The minimum Gasteiger partial charge on any atom is -0.464 e. The number of alkyl halides is 2.